The Morgan fingerprint density at radius 2 is 2.00 bits per heavy atom. The van der Waals surface area contributed by atoms with E-state index in [1.165, 1.54) is 6.20 Å². The molecule has 0 bridgehead atoms. The van der Waals surface area contributed by atoms with Crippen LogP contribution in [0.1, 0.15) is 54.7 Å². The number of nitrogens with one attached hydrogen (secondary N) is 1. The first-order valence-electron chi connectivity index (χ1n) is 15.1. The fraction of sp³-hybridized carbons (Fsp3) is 0.469. The Morgan fingerprint density at radius 1 is 1.16 bits per heavy atom. The minimum Gasteiger partial charge on any atom is -0.404 e. The van der Waals surface area contributed by atoms with Crippen LogP contribution in [0.5, 0.6) is 0 Å². The van der Waals surface area contributed by atoms with Crippen molar-refractivity contribution in [3.05, 3.63) is 65.7 Å². The van der Waals surface area contributed by atoms with Crippen LogP contribution in [0.4, 0.5) is 5.82 Å². The van der Waals surface area contributed by atoms with Crippen molar-refractivity contribution in [2.75, 3.05) is 44.7 Å². The molecule has 4 heterocycles. The average Bonchev–Trinajstić information content (AvgIpc) is 3.38. The van der Waals surface area contributed by atoms with Crippen molar-refractivity contribution in [3.8, 4) is 0 Å². The Kier molecular flexibility index (Phi) is 9.83. The van der Waals surface area contributed by atoms with Gasteiger partial charge in [-0.25, -0.2) is 4.52 Å². The molecule has 3 aromatic rings. The minimum absolute atomic E-state index is 0.00521. The van der Waals surface area contributed by atoms with E-state index in [1.54, 1.807) is 23.0 Å². The molecule has 5 rings (SSSR count). The van der Waals surface area contributed by atoms with Crippen LogP contribution < -0.4 is 11.1 Å². The standard InChI is InChI=1S/C32H42N8O3/c1-4-12-43-13-8-34-20-27(19-33)24-6-9-40-29(15-24)18-30(37-40)36-31(41)26-16-28(17-26)39-11-10-38(21-23(39)3)32(42)25-5-7-35-22(2)14-25/h5-7,9,14-15,18-20,23,26,28H,4,8,10-13,16-17,21,33H2,1-3H3,(H,36,37,41)/b27-19+,34-20?. The number of amides is 2. The van der Waals surface area contributed by atoms with Gasteiger partial charge in [-0.05, 0) is 62.9 Å². The van der Waals surface area contributed by atoms with Crippen LogP contribution in [0.15, 0.2) is 53.9 Å². The zero-order valence-electron chi connectivity index (χ0n) is 25.3. The predicted molar refractivity (Wildman–Crippen MR) is 168 cm³/mol. The Labute approximate surface area is 252 Å². The van der Waals surface area contributed by atoms with E-state index < -0.39 is 0 Å². The molecule has 0 radical (unpaired) electrons. The molecule has 1 atom stereocenters. The number of aliphatic imine (C=N–C) groups is 1. The first kappa shape index (κ1) is 30.4. The van der Waals surface area contributed by atoms with Crippen LogP contribution in [0.3, 0.4) is 0 Å². The molecule has 11 nitrogen and oxygen atoms in total. The molecule has 2 fully saturated rings. The summed E-state index contributed by atoms with van der Waals surface area (Å²) in [4.78, 5) is 39.0. The van der Waals surface area contributed by atoms with Gasteiger partial charge in [0.2, 0.25) is 5.91 Å². The SMILES string of the molecule is CCCOCCN=C/C(=C\N)c1ccn2nc(NC(=O)C3CC(N4CCN(C(=O)c5ccnc(C)c5)CC4C)C3)cc2c1. The molecule has 3 aromatic heterocycles. The van der Waals surface area contributed by atoms with Gasteiger partial charge in [0.1, 0.15) is 0 Å². The van der Waals surface area contributed by atoms with Crippen molar-refractivity contribution >= 4 is 34.9 Å². The van der Waals surface area contributed by atoms with Gasteiger partial charge in [0, 0.05) is 91.9 Å². The monoisotopic (exact) mass is 586 g/mol. The quantitative estimate of drug-likeness (QED) is 0.260. The molecule has 2 amide bonds. The lowest BCUT2D eigenvalue weighted by Crippen LogP contribution is -2.60. The molecule has 1 saturated heterocycles. The Balaban J connectivity index is 1.11. The lowest BCUT2D eigenvalue weighted by atomic mass is 9.78. The maximum absolute atomic E-state index is 13.1. The lowest BCUT2D eigenvalue weighted by Gasteiger charge is -2.49. The topological polar surface area (TPSA) is 130 Å². The summed E-state index contributed by atoms with van der Waals surface area (Å²) in [5.41, 5.74) is 9.97. The number of hydrogen-bond acceptors (Lipinski definition) is 8. The highest BCUT2D eigenvalue weighted by Crippen LogP contribution is 2.35. The minimum atomic E-state index is -0.0543. The van der Waals surface area contributed by atoms with Crippen molar-refractivity contribution in [2.45, 2.75) is 52.1 Å². The normalized spacial score (nSPS) is 21.3. The molecular weight excluding hydrogens is 544 g/mol. The highest BCUT2D eigenvalue weighted by Gasteiger charge is 2.41. The van der Waals surface area contributed by atoms with Gasteiger partial charge in [-0.3, -0.25) is 24.5 Å². The van der Waals surface area contributed by atoms with Crippen molar-refractivity contribution in [2.24, 2.45) is 16.6 Å². The highest BCUT2D eigenvalue weighted by atomic mass is 16.5. The summed E-state index contributed by atoms with van der Waals surface area (Å²) in [5, 5.41) is 7.54. The van der Waals surface area contributed by atoms with Crippen LogP contribution in [0.25, 0.3) is 11.1 Å². The lowest BCUT2D eigenvalue weighted by molar-refractivity contribution is -0.125. The molecule has 2 aliphatic rings. The van der Waals surface area contributed by atoms with E-state index in [9.17, 15) is 9.59 Å². The summed E-state index contributed by atoms with van der Waals surface area (Å²) < 4.78 is 7.21. The number of fused-ring (bicyclic) bond motifs is 1. The number of rotatable bonds is 11. The van der Waals surface area contributed by atoms with Crippen LogP contribution in [0, 0.1) is 12.8 Å². The molecule has 1 aliphatic carbocycles. The second-order valence-electron chi connectivity index (χ2n) is 11.4. The van der Waals surface area contributed by atoms with E-state index in [0.29, 0.717) is 43.7 Å². The van der Waals surface area contributed by atoms with E-state index >= 15 is 0 Å². The van der Waals surface area contributed by atoms with Crippen LogP contribution in [0.2, 0.25) is 0 Å². The average molecular weight is 587 g/mol. The van der Waals surface area contributed by atoms with E-state index in [2.05, 4.69) is 39.1 Å². The van der Waals surface area contributed by atoms with Crippen molar-refractivity contribution in [1.82, 2.24) is 24.4 Å². The number of piperazine rings is 1. The van der Waals surface area contributed by atoms with Gasteiger partial charge in [-0.2, -0.15) is 5.10 Å². The van der Waals surface area contributed by atoms with E-state index in [-0.39, 0.29) is 23.8 Å². The summed E-state index contributed by atoms with van der Waals surface area (Å²) in [6.07, 6.45) is 9.43. The largest absolute Gasteiger partial charge is 0.404 e. The van der Waals surface area contributed by atoms with Crippen LogP contribution in [-0.2, 0) is 9.53 Å². The van der Waals surface area contributed by atoms with Crippen molar-refractivity contribution in [1.29, 1.82) is 0 Å². The van der Waals surface area contributed by atoms with Crippen LogP contribution in [-0.4, -0.2) is 93.9 Å². The van der Waals surface area contributed by atoms with Crippen LogP contribution >= 0.6 is 0 Å². The van der Waals surface area contributed by atoms with E-state index in [0.717, 1.165) is 54.8 Å². The van der Waals surface area contributed by atoms with Crippen molar-refractivity contribution in [3.63, 3.8) is 0 Å². The fourth-order valence-electron chi connectivity index (χ4n) is 5.84. The first-order valence-corrected chi connectivity index (χ1v) is 15.1. The Morgan fingerprint density at radius 3 is 2.74 bits per heavy atom. The van der Waals surface area contributed by atoms with Gasteiger partial charge in [0.25, 0.3) is 5.91 Å². The van der Waals surface area contributed by atoms with Gasteiger partial charge in [0.15, 0.2) is 5.82 Å². The molecule has 1 saturated carbocycles. The molecule has 228 valence electrons. The second-order valence-corrected chi connectivity index (χ2v) is 11.4. The number of anilines is 1. The molecule has 0 aromatic carbocycles. The van der Waals surface area contributed by atoms with E-state index in [4.69, 9.17) is 10.5 Å². The third-order valence-electron chi connectivity index (χ3n) is 8.23. The van der Waals surface area contributed by atoms with Gasteiger partial charge < -0.3 is 20.7 Å². The number of nitrogens with zero attached hydrogens (tertiary/aromatic N) is 6. The Hall–Kier alpha value is -4.09. The predicted octanol–water partition coefficient (Wildman–Crippen LogP) is 3.40. The number of carbonyl (C=O) groups is 2. The molecule has 43 heavy (non-hydrogen) atoms. The number of ether oxygens (including phenoxy) is 1. The maximum atomic E-state index is 13.1. The number of allylic oxidation sites excluding steroid dienone is 1. The fourth-order valence-corrected chi connectivity index (χ4v) is 5.84. The third kappa shape index (κ3) is 7.29. The maximum Gasteiger partial charge on any atom is 0.254 e. The van der Waals surface area contributed by atoms with Gasteiger partial charge in [0.05, 0.1) is 18.7 Å². The Bertz CT molecular complexity index is 1490. The number of nitrogens with two attached hydrogens (primary N) is 1. The third-order valence-corrected chi connectivity index (χ3v) is 8.23. The molecule has 1 aliphatic heterocycles. The van der Waals surface area contributed by atoms with E-state index in [1.807, 2.05) is 42.3 Å². The summed E-state index contributed by atoms with van der Waals surface area (Å²) in [6, 6.07) is 9.96. The number of hydrogen-bond donors (Lipinski definition) is 2. The van der Waals surface area contributed by atoms with Gasteiger partial charge in [-0.15, -0.1) is 0 Å². The van der Waals surface area contributed by atoms with Gasteiger partial charge in [-0.1, -0.05) is 6.92 Å². The molecule has 0 spiro atoms. The number of pyridine rings is 2. The number of aryl methyl sites for hydroxylation is 1. The number of aromatic nitrogens is 3. The summed E-state index contributed by atoms with van der Waals surface area (Å²) >= 11 is 0. The number of carbonyl (C=O) groups excluding carboxylic acids is 2. The summed E-state index contributed by atoms with van der Waals surface area (Å²) in [7, 11) is 0. The molecule has 11 heteroatoms. The molecular formula is C32H42N8O3. The second kappa shape index (κ2) is 13.9. The van der Waals surface area contributed by atoms with Gasteiger partial charge >= 0.3 is 0 Å². The summed E-state index contributed by atoms with van der Waals surface area (Å²) in [6.45, 7) is 10.2. The highest BCUT2D eigenvalue weighted by molar-refractivity contribution is 6.10. The molecule has 1 unspecified atom stereocenters. The molecule has 3 N–H and O–H groups in total. The zero-order valence-corrected chi connectivity index (χ0v) is 25.3. The first-order chi connectivity index (χ1) is 20.9. The summed E-state index contributed by atoms with van der Waals surface area (Å²) in [5.74, 6) is 0.520. The smallest absolute Gasteiger partial charge is 0.254 e. The zero-order chi connectivity index (χ0) is 30.3. The van der Waals surface area contributed by atoms with Crippen molar-refractivity contribution < 1.29 is 14.3 Å².